The SMILES string of the molecule is CC1/C(=N\O)C[C@@H]2C[C@H]1C2(C)C. The molecule has 0 heterocycles. The smallest absolute Gasteiger partial charge is 0.0604 e. The van der Waals surface area contributed by atoms with Gasteiger partial charge >= 0.3 is 0 Å². The van der Waals surface area contributed by atoms with Gasteiger partial charge in [-0.25, -0.2) is 0 Å². The summed E-state index contributed by atoms with van der Waals surface area (Å²) in [6.45, 7) is 6.88. The molecule has 0 aromatic heterocycles. The van der Waals surface area contributed by atoms with Crippen molar-refractivity contribution in [3.63, 3.8) is 0 Å². The van der Waals surface area contributed by atoms with Gasteiger partial charge in [0.05, 0.1) is 5.71 Å². The molecule has 2 heteroatoms. The number of fused-ring (bicyclic) bond motifs is 2. The van der Waals surface area contributed by atoms with Crippen molar-refractivity contribution in [1.29, 1.82) is 0 Å². The van der Waals surface area contributed by atoms with E-state index in [0.29, 0.717) is 11.3 Å². The minimum Gasteiger partial charge on any atom is -0.411 e. The maximum atomic E-state index is 8.76. The lowest BCUT2D eigenvalue weighted by molar-refractivity contribution is -0.0534. The minimum atomic E-state index is 0.494. The van der Waals surface area contributed by atoms with Crippen LogP contribution < -0.4 is 0 Å². The Hall–Kier alpha value is -0.530. The van der Waals surface area contributed by atoms with E-state index in [2.05, 4.69) is 25.9 Å². The average molecular weight is 167 g/mol. The molecule has 1 unspecified atom stereocenters. The van der Waals surface area contributed by atoms with Crippen molar-refractivity contribution in [3.8, 4) is 0 Å². The van der Waals surface area contributed by atoms with Crippen molar-refractivity contribution in [2.24, 2.45) is 28.3 Å². The monoisotopic (exact) mass is 167 g/mol. The van der Waals surface area contributed by atoms with Crippen LogP contribution in [0.25, 0.3) is 0 Å². The van der Waals surface area contributed by atoms with Gasteiger partial charge in [0.1, 0.15) is 0 Å². The van der Waals surface area contributed by atoms with Crippen molar-refractivity contribution in [1.82, 2.24) is 0 Å². The normalized spacial score (nSPS) is 47.2. The van der Waals surface area contributed by atoms with E-state index in [-0.39, 0.29) is 0 Å². The van der Waals surface area contributed by atoms with E-state index >= 15 is 0 Å². The number of hydrogen-bond acceptors (Lipinski definition) is 2. The predicted molar refractivity (Wildman–Crippen MR) is 48.4 cm³/mol. The quantitative estimate of drug-likeness (QED) is 0.436. The van der Waals surface area contributed by atoms with Crippen molar-refractivity contribution in [3.05, 3.63) is 0 Å². The number of nitrogens with zero attached hydrogens (tertiary/aromatic N) is 1. The Morgan fingerprint density at radius 3 is 2.58 bits per heavy atom. The fourth-order valence-corrected chi connectivity index (χ4v) is 3.05. The molecule has 3 aliphatic rings. The van der Waals surface area contributed by atoms with Crippen molar-refractivity contribution >= 4 is 5.71 Å². The average Bonchev–Trinajstić information content (AvgIpc) is 2.03. The van der Waals surface area contributed by atoms with Crippen LogP contribution in [0.1, 0.15) is 33.6 Å². The van der Waals surface area contributed by atoms with Gasteiger partial charge in [-0.2, -0.15) is 0 Å². The van der Waals surface area contributed by atoms with Crippen LogP contribution >= 0.6 is 0 Å². The Bertz CT molecular complexity index is 232. The molecule has 1 N–H and O–H groups in total. The van der Waals surface area contributed by atoms with Crippen molar-refractivity contribution in [2.75, 3.05) is 0 Å². The third kappa shape index (κ3) is 0.782. The van der Waals surface area contributed by atoms with Crippen LogP contribution in [0.3, 0.4) is 0 Å². The molecule has 3 rings (SSSR count). The molecule has 3 aliphatic carbocycles. The molecule has 0 radical (unpaired) electrons. The van der Waals surface area contributed by atoms with Crippen LogP contribution in [0, 0.1) is 23.2 Å². The summed E-state index contributed by atoms with van der Waals surface area (Å²) in [5.74, 6) is 2.02. The largest absolute Gasteiger partial charge is 0.411 e. The fourth-order valence-electron chi connectivity index (χ4n) is 3.05. The Morgan fingerprint density at radius 1 is 1.50 bits per heavy atom. The lowest BCUT2D eigenvalue weighted by atomic mass is 9.45. The zero-order valence-electron chi connectivity index (χ0n) is 8.04. The van der Waals surface area contributed by atoms with Gasteiger partial charge in [0.15, 0.2) is 0 Å². The van der Waals surface area contributed by atoms with Gasteiger partial charge in [-0.3, -0.25) is 0 Å². The fraction of sp³-hybridized carbons (Fsp3) is 0.900. The van der Waals surface area contributed by atoms with Crippen LogP contribution in [0.5, 0.6) is 0 Å². The number of oxime groups is 1. The Morgan fingerprint density at radius 2 is 2.17 bits per heavy atom. The molecule has 3 saturated carbocycles. The lowest BCUT2D eigenvalue weighted by Crippen LogP contribution is -2.55. The van der Waals surface area contributed by atoms with E-state index in [1.54, 1.807) is 0 Å². The number of rotatable bonds is 0. The Balaban J connectivity index is 2.22. The van der Waals surface area contributed by atoms with E-state index < -0.39 is 0 Å². The summed E-state index contributed by atoms with van der Waals surface area (Å²) < 4.78 is 0. The van der Waals surface area contributed by atoms with Gasteiger partial charge in [0, 0.05) is 5.92 Å². The molecule has 0 aromatic carbocycles. The Labute approximate surface area is 73.7 Å². The third-order valence-corrected chi connectivity index (χ3v) is 4.26. The van der Waals surface area contributed by atoms with Crippen LogP contribution in [0.15, 0.2) is 5.16 Å². The predicted octanol–water partition coefficient (Wildman–Crippen LogP) is 2.52. The molecule has 2 nitrogen and oxygen atoms in total. The molecule has 0 aliphatic heterocycles. The lowest BCUT2D eigenvalue weighted by Gasteiger charge is -2.59. The van der Waals surface area contributed by atoms with E-state index in [4.69, 9.17) is 5.21 Å². The molecular formula is C10H17NO. The summed E-state index contributed by atoms with van der Waals surface area (Å²) in [6.07, 6.45) is 2.36. The second-order valence-electron chi connectivity index (χ2n) is 4.94. The van der Waals surface area contributed by atoms with Crippen LogP contribution in [-0.4, -0.2) is 10.9 Å². The summed E-state index contributed by atoms with van der Waals surface area (Å²) in [4.78, 5) is 0. The molecule has 3 fully saturated rings. The summed E-state index contributed by atoms with van der Waals surface area (Å²) in [7, 11) is 0. The van der Waals surface area contributed by atoms with Gasteiger partial charge in [0.2, 0.25) is 0 Å². The first-order valence-corrected chi connectivity index (χ1v) is 4.78. The molecular weight excluding hydrogens is 150 g/mol. The highest BCUT2D eigenvalue weighted by atomic mass is 16.4. The summed E-state index contributed by atoms with van der Waals surface area (Å²) in [5, 5.41) is 12.1. The first kappa shape index (κ1) is 8.09. The van der Waals surface area contributed by atoms with E-state index in [0.717, 1.165) is 24.0 Å². The second kappa shape index (κ2) is 2.24. The molecule has 68 valence electrons. The highest BCUT2D eigenvalue weighted by molar-refractivity contribution is 5.88. The molecule has 0 amide bonds. The molecule has 0 aromatic rings. The number of hydrogen-bond donors (Lipinski definition) is 1. The molecule has 2 bridgehead atoms. The maximum Gasteiger partial charge on any atom is 0.0604 e. The molecule has 3 atom stereocenters. The van der Waals surface area contributed by atoms with Gasteiger partial charge in [-0.15, -0.1) is 0 Å². The summed E-state index contributed by atoms with van der Waals surface area (Å²) in [5.41, 5.74) is 1.52. The maximum absolute atomic E-state index is 8.76. The van der Waals surface area contributed by atoms with E-state index in [1.807, 2.05) is 0 Å². The highest BCUT2D eigenvalue weighted by Crippen LogP contribution is 2.60. The van der Waals surface area contributed by atoms with Gasteiger partial charge in [-0.1, -0.05) is 25.9 Å². The van der Waals surface area contributed by atoms with E-state index in [1.165, 1.54) is 6.42 Å². The molecule has 0 saturated heterocycles. The van der Waals surface area contributed by atoms with Gasteiger partial charge in [0.25, 0.3) is 0 Å². The summed E-state index contributed by atoms with van der Waals surface area (Å²) >= 11 is 0. The van der Waals surface area contributed by atoms with Crippen LogP contribution in [-0.2, 0) is 0 Å². The Kier molecular flexibility index (Phi) is 1.51. The van der Waals surface area contributed by atoms with Crippen LogP contribution in [0.4, 0.5) is 0 Å². The van der Waals surface area contributed by atoms with Gasteiger partial charge < -0.3 is 5.21 Å². The van der Waals surface area contributed by atoms with Gasteiger partial charge in [-0.05, 0) is 30.1 Å². The van der Waals surface area contributed by atoms with Crippen molar-refractivity contribution in [2.45, 2.75) is 33.6 Å². The van der Waals surface area contributed by atoms with E-state index in [9.17, 15) is 0 Å². The first-order chi connectivity index (χ1) is 5.57. The summed E-state index contributed by atoms with van der Waals surface area (Å²) in [6, 6.07) is 0. The standard InChI is InChI=1S/C10H17NO/c1-6-8-4-7(10(8,2)3)5-9(6)11-12/h6-8,12H,4-5H2,1-3H3/b11-9-/t6?,7-,8+/m0/s1. The van der Waals surface area contributed by atoms with Crippen molar-refractivity contribution < 1.29 is 5.21 Å². The topological polar surface area (TPSA) is 32.6 Å². The zero-order chi connectivity index (χ0) is 8.93. The first-order valence-electron chi connectivity index (χ1n) is 4.78. The zero-order valence-corrected chi connectivity index (χ0v) is 8.04. The molecule has 0 spiro atoms. The highest BCUT2D eigenvalue weighted by Gasteiger charge is 2.55. The minimum absolute atomic E-state index is 0.494. The third-order valence-electron chi connectivity index (χ3n) is 4.26. The molecule has 12 heavy (non-hydrogen) atoms. The second-order valence-corrected chi connectivity index (χ2v) is 4.94. The van der Waals surface area contributed by atoms with Crippen LogP contribution in [0.2, 0.25) is 0 Å².